The maximum absolute atomic E-state index is 12.5. The molecule has 0 radical (unpaired) electrons. The highest BCUT2D eigenvalue weighted by Crippen LogP contribution is 2.31. The molecule has 1 unspecified atom stereocenters. The summed E-state index contributed by atoms with van der Waals surface area (Å²) in [6, 6.07) is 12.0. The number of thiophene rings is 1. The molecule has 0 spiro atoms. The molecule has 20 heavy (non-hydrogen) atoms. The maximum atomic E-state index is 12.5. The van der Waals surface area contributed by atoms with Gasteiger partial charge in [-0.15, -0.1) is 11.3 Å². The van der Waals surface area contributed by atoms with Crippen LogP contribution in [0, 0.1) is 0 Å². The van der Waals surface area contributed by atoms with E-state index in [9.17, 15) is 4.79 Å². The van der Waals surface area contributed by atoms with Gasteiger partial charge in [-0.1, -0.05) is 23.7 Å². The van der Waals surface area contributed by atoms with Crippen LogP contribution in [-0.4, -0.2) is 23.4 Å². The van der Waals surface area contributed by atoms with Crippen LogP contribution in [-0.2, 0) is 0 Å². The van der Waals surface area contributed by atoms with Crippen LogP contribution in [0.4, 0.5) is 0 Å². The number of hydrogen-bond acceptors (Lipinski definition) is 2. The first-order valence-corrected chi connectivity index (χ1v) is 8.01. The van der Waals surface area contributed by atoms with Crippen LogP contribution in [0.25, 0.3) is 10.4 Å². The third-order valence-corrected chi connectivity index (χ3v) is 5.10. The molecule has 2 nitrogen and oxygen atoms in total. The topological polar surface area (TPSA) is 20.3 Å². The van der Waals surface area contributed by atoms with Crippen LogP contribution in [0.3, 0.4) is 0 Å². The molecule has 1 aromatic carbocycles. The summed E-state index contributed by atoms with van der Waals surface area (Å²) in [6.07, 6.45) is 2.22. The first-order valence-electron chi connectivity index (χ1n) is 6.82. The number of carbonyl (C=O) groups is 1. The number of benzene rings is 1. The van der Waals surface area contributed by atoms with Gasteiger partial charge in [-0.25, -0.2) is 0 Å². The van der Waals surface area contributed by atoms with E-state index in [1.54, 1.807) is 11.3 Å². The molecule has 3 rings (SSSR count). The summed E-state index contributed by atoms with van der Waals surface area (Å²) < 4.78 is 0. The van der Waals surface area contributed by atoms with Gasteiger partial charge in [0.2, 0.25) is 0 Å². The van der Waals surface area contributed by atoms with Crippen molar-refractivity contribution in [2.75, 3.05) is 6.54 Å². The van der Waals surface area contributed by atoms with Crippen LogP contribution in [0.1, 0.15) is 29.4 Å². The Morgan fingerprint density at radius 2 is 2.20 bits per heavy atom. The van der Waals surface area contributed by atoms with Crippen molar-refractivity contribution >= 4 is 28.8 Å². The number of halogens is 1. The Balaban J connectivity index is 1.85. The SMILES string of the molecule is CC1CCCN1C(=O)c1ccc(-c2cccc(Cl)c2)s1. The second-order valence-electron chi connectivity index (χ2n) is 5.16. The van der Waals surface area contributed by atoms with Crippen LogP contribution >= 0.6 is 22.9 Å². The quantitative estimate of drug-likeness (QED) is 0.788. The fourth-order valence-corrected chi connectivity index (χ4v) is 3.77. The normalized spacial score (nSPS) is 18.5. The molecule has 4 heteroatoms. The fourth-order valence-electron chi connectivity index (χ4n) is 2.63. The number of carbonyl (C=O) groups excluding carboxylic acids is 1. The maximum Gasteiger partial charge on any atom is 0.264 e. The Morgan fingerprint density at radius 1 is 1.35 bits per heavy atom. The molecule has 0 aliphatic carbocycles. The Morgan fingerprint density at radius 3 is 2.90 bits per heavy atom. The Kier molecular flexibility index (Phi) is 3.81. The summed E-state index contributed by atoms with van der Waals surface area (Å²) in [5.74, 6) is 0.160. The standard InChI is InChI=1S/C16H16ClNOS/c1-11-4-3-9-18(11)16(19)15-8-7-14(20-15)12-5-2-6-13(17)10-12/h2,5-8,10-11H,3-4,9H2,1H3. The number of nitrogens with zero attached hydrogens (tertiary/aromatic N) is 1. The molecule has 1 atom stereocenters. The zero-order valence-corrected chi connectivity index (χ0v) is 12.9. The van der Waals surface area contributed by atoms with Gasteiger partial charge in [-0.2, -0.15) is 0 Å². The van der Waals surface area contributed by atoms with Gasteiger partial charge in [-0.05, 0) is 49.6 Å². The van der Waals surface area contributed by atoms with Crippen molar-refractivity contribution in [3.8, 4) is 10.4 Å². The summed E-state index contributed by atoms with van der Waals surface area (Å²) in [5, 5.41) is 0.719. The zero-order chi connectivity index (χ0) is 14.1. The Hall–Kier alpha value is -1.32. The van der Waals surface area contributed by atoms with Crippen molar-refractivity contribution in [2.24, 2.45) is 0 Å². The number of likely N-dealkylation sites (tertiary alicyclic amines) is 1. The van der Waals surface area contributed by atoms with E-state index in [-0.39, 0.29) is 5.91 Å². The number of hydrogen-bond donors (Lipinski definition) is 0. The van der Waals surface area contributed by atoms with Gasteiger partial charge in [0.05, 0.1) is 4.88 Å². The molecule has 0 bridgehead atoms. The molecule has 2 aromatic rings. The second-order valence-corrected chi connectivity index (χ2v) is 6.68. The highest BCUT2D eigenvalue weighted by Gasteiger charge is 2.26. The van der Waals surface area contributed by atoms with Crippen LogP contribution < -0.4 is 0 Å². The lowest BCUT2D eigenvalue weighted by Gasteiger charge is -2.20. The Bertz CT molecular complexity index is 637. The summed E-state index contributed by atoms with van der Waals surface area (Å²) in [4.78, 5) is 16.4. The molecule has 1 aliphatic rings. The molecule has 1 aliphatic heterocycles. The molecule has 1 saturated heterocycles. The minimum Gasteiger partial charge on any atom is -0.335 e. The predicted molar refractivity (Wildman–Crippen MR) is 84.5 cm³/mol. The van der Waals surface area contributed by atoms with Crippen LogP contribution in [0.5, 0.6) is 0 Å². The Labute approximate surface area is 128 Å². The average molecular weight is 306 g/mol. The largest absolute Gasteiger partial charge is 0.335 e. The zero-order valence-electron chi connectivity index (χ0n) is 11.3. The van der Waals surface area contributed by atoms with E-state index in [2.05, 4.69) is 6.92 Å². The first kappa shape index (κ1) is 13.7. The lowest BCUT2D eigenvalue weighted by Crippen LogP contribution is -2.32. The van der Waals surface area contributed by atoms with Crippen LogP contribution in [0.15, 0.2) is 36.4 Å². The van der Waals surface area contributed by atoms with E-state index < -0.39 is 0 Å². The van der Waals surface area contributed by atoms with Gasteiger partial charge < -0.3 is 4.90 Å². The number of rotatable bonds is 2. The smallest absolute Gasteiger partial charge is 0.264 e. The molecule has 0 saturated carbocycles. The van der Waals surface area contributed by atoms with E-state index in [0.29, 0.717) is 6.04 Å². The highest BCUT2D eigenvalue weighted by molar-refractivity contribution is 7.17. The second kappa shape index (κ2) is 5.58. The van der Waals surface area contributed by atoms with E-state index in [4.69, 9.17) is 11.6 Å². The third kappa shape index (κ3) is 2.60. The van der Waals surface area contributed by atoms with Crippen molar-refractivity contribution in [3.63, 3.8) is 0 Å². The lowest BCUT2D eigenvalue weighted by molar-refractivity contribution is 0.0752. The summed E-state index contributed by atoms with van der Waals surface area (Å²) in [5.41, 5.74) is 1.07. The minimum absolute atomic E-state index is 0.160. The third-order valence-electron chi connectivity index (χ3n) is 3.74. The highest BCUT2D eigenvalue weighted by atomic mass is 35.5. The van der Waals surface area contributed by atoms with Crippen molar-refractivity contribution < 1.29 is 4.79 Å². The number of amides is 1. The van der Waals surface area contributed by atoms with Crippen molar-refractivity contribution in [1.82, 2.24) is 4.90 Å². The minimum atomic E-state index is 0.160. The molecule has 1 amide bonds. The monoisotopic (exact) mass is 305 g/mol. The summed E-state index contributed by atoms with van der Waals surface area (Å²) in [6.45, 7) is 3.00. The molecule has 1 aromatic heterocycles. The van der Waals surface area contributed by atoms with Crippen molar-refractivity contribution in [3.05, 3.63) is 46.3 Å². The van der Waals surface area contributed by atoms with E-state index in [1.165, 1.54) is 0 Å². The van der Waals surface area contributed by atoms with Crippen molar-refractivity contribution in [2.45, 2.75) is 25.8 Å². The summed E-state index contributed by atoms with van der Waals surface area (Å²) in [7, 11) is 0. The molecular weight excluding hydrogens is 290 g/mol. The van der Waals surface area contributed by atoms with Gasteiger partial charge in [0.15, 0.2) is 0 Å². The predicted octanol–water partition coefficient (Wildman–Crippen LogP) is 4.69. The average Bonchev–Trinajstić information content (AvgIpc) is 3.07. The van der Waals surface area contributed by atoms with Gasteiger partial charge in [0, 0.05) is 22.5 Å². The molecule has 104 valence electrons. The van der Waals surface area contributed by atoms with E-state index >= 15 is 0 Å². The van der Waals surface area contributed by atoms with Gasteiger partial charge in [0.1, 0.15) is 0 Å². The van der Waals surface area contributed by atoms with E-state index in [0.717, 1.165) is 39.7 Å². The van der Waals surface area contributed by atoms with Crippen LogP contribution in [0.2, 0.25) is 5.02 Å². The lowest BCUT2D eigenvalue weighted by atomic mass is 10.2. The van der Waals surface area contributed by atoms with Gasteiger partial charge in [-0.3, -0.25) is 4.79 Å². The van der Waals surface area contributed by atoms with E-state index in [1.807, 2.05) is 41.3 Å². The first-order chi connectivity index (χ1) is 9.65. The molecule has 0 N–H and O–H groups in total. The fraction of sp³-hybridized carbons (Fsp3) is 0.312. The van der Waals surface area contributed by atoms with Gasteiger partial charge >= 0.3 is 0 Å². The summed E-state index contributed by atoms with van der Waals surface area (Å²) >= 11 is 7.56. The molecule has 2 heterocycles. The van der Waals surface area contributed by atoms with Gasteiger partial charge in [0.25, 0.3) is 5.91 Å². The molecular formula is C16H16ClNOS. The van der Waals surface area contributed by atoms with Crippen molar-refractivity contribution in [1.29, 1.82) is 0 Å². The molecule has 1 fully saturated rings.